The molecule has 2 aromatic rings. The van der Waals surface area contributed by atoms with E-state index in [0.29, 0.717) is 11.1 Å². The zero-order valence-corrected chi connectivity index (χ0v) is 16.1. The molecule has 1 aliphatic carbocycles. The van der Waals surface area contributed by atoms with E-state index in [4.69, 9.17) is 5.11 Å². The number of fused-ring (bicyclic) bond motifs is 1. The van der Waals surface area contributed by atoms with Crippen molar-refractivity contribution in [3.63, 3.8) is 0 Å². The second-order valence-corrected chi connectivity index (χ2v) is 7.45. The summed E-state index contributed by atoms with van der Waals surface area (Å²) in [6.07, 6.45) is 3.83. The number of benzene rings is 2. The zero-order chi connectivity index (χ0) is 21.2. The van der Waals surface area contributed by atoms with E-state index >= 15 is 0 Å². The maximum Gasteiger partial charge on any atom is 0.322 e. The highest BCUT2D eigenvalue weighted by Gasteiger charge is 2.49. The molecule has 1 atom stereocenters. The van der Waals surface area contributed by atoms with Crippen molar-refractivity contribution in [2.75, 3.05) is 6.54 Å². The molecule has 2 aromatic carbocycles. The van der Waals surface area contributed by atoms with Gasteiger partial charge in [0.25, 0.3) is 0 Å². The van der Waals surface area contributed by atoms with Crippen LogP contribution < -0.4 is 5.32 Å². The van der Waals surface area contributed by atoms with Crippen molar-refractivity contribution in [1.29, 1.82) is 0 Å². The predicted octanol–water partition coefficient (Wildman–Crippen LogP) is 2.72. The highest BCUT2D eigenvalue weighted by molar-refractivity contribution is 6.29. The predicted molar refractivity (Wildman–Crippen MR) is 108 cm³/mol. The van der Waals surface area contributed by atoms with Crippen molar-refractivity contribution in [3.8, 4) is 0 Å². The Morgan fingerprint density at radius 2 is 1.69 bits per heavy atom. The number of amides is 1. The number of carboxylic acid groups (broad SMARTS) is 1. The minimum Gasteiger partial charge on any atom is -0.480 e. The van der Waals surface area contributed by atoms with Crippen LogP contribution in [0.15, 0.2) is 48.5 Å². The van der Waals surface area contributed by atoms with Gasteiger partial charge >= 0.3 is 5.97 Å². The molecule has 29 heavy (non-hydrogen) atoms. The van der Waals surface area contributed by atoms with Crippen LogP contribution in [0.25, 0.3) is 12.2 Å². The van der Waals surface area contributed by atoms with Gasteiger partial charge < -0.3 is 10.4 Å². The van der Waals surface area contributed by atoms with E-state index in [2.05, 4.69) is 5.32 Å². The molecule has 3 rings (SSSR count). The third kappa shape index (κ3) is 4.01. The van der Waals surface area contributed by atoms with Crippen molar-refractivity contribution < 1.29 is 24.3 Å². The van der Waals surface area contributed by atoms with Crippen LogP contribution in [0, 0.1) is 5.92 Å². The quantitative estimate of drug-likeness (QED) is 0.603. The summed E-state index contributed by atoms with van der Waals surface area (Å²) in [5.74, 6) is -4.81. The Morgan fingerprint density at radius 1 is 1.03 bits per heavy atom. The summed E-state index contributed by atoms with van der Waals surface area (Å²) in [6, 6.07) is 14.9. The third-order valence-electron chi connectivity index (χ3n) is 5.07. The molecular formula is C23H21NO5. The van der Waals surface area contributed by atoms with Crippen LogP contribution in [0.1, 0.15) is 40.9 Å². The summed E-state index contributed by atoms with van der Waals surface area (Å²) in [5.41, 5.74) is 1.65. The number of carboxylic acids is 1. The highest BCUT2D eigenvalue weighted by Crippen LogP contribution is 2.37. The molecule has 0 aliphatic heterocycles. The van der Waals surface area contributed by atoms with Gasteiger partial charge in [0.05, 0.1) is 5.41 Å². The van der Waals surface area contributed by atoms with E-state index < -0.39 is 41.3 Å². The monoisotopic (exact) mass is 391 g/mol. The van der Waals surface area contributed by atoms with Crippen LogP contribution in [0.5, 0.6) is 0 Å². The Labute approximate surface area is 168 Å². The number of carbonyl (C=O) groups is 4. The van der Waals surface area contributed by atoms with Gasteiger partial charge in [-0.15, -0.1) is 0 Å². The Bertz CT molecular complexity index is 1020. The number of ketones is 2. The molecule has 6 nitrogen and oxygen atoms in total. The summed E-state index contributed by atoms with van der Waals surface area (Å²) < 4.78 is 0. The van der Waals surface area contributed by atoms with E-state index in [1.807, 2.05) is 42.5 Å². The molecule has 0 heterocycles. The third-order valence-corrected chi connectivity index (χ3v) is 5.07. The average Bonchev–Trinajstić information content (AvgIpc) is 2.70. The SMILES string of the molecule is CC1(C)C(=O)C(C(=O)NCC(=O)O)C(=O)c2ccc(/C=C/c3ccccc3)cc21. The van der Waals surface area contributed by atoms with Crippen LogP contribution >= 0.6 is 0 Å². The van der Waals surface area contributed by atoms with Crippen molar-refractivity contribution >= 4 is 35.6 Å². The first-order valence-corrected chi connectivity index (χ1v) is 9.17. The van der Waals surface area contributed by atoms with Crippen molar-refractivity contribution in [2.45, 2.75) is 19.3 Å². The first-order valence-electron chi connectivity index (χ1n) is 9.17. The fourth-order valence-corrected chi connectivity index (χ4v) is 3.43. The van der Waals surface area contributed by atoms with Crippen molar-refractivity contribution in [2.24, 2.45) is 5.92 Å². The minimum atomic E-state index is -1.54. The Kier molecular flexibility index (Phi) is 5.46. The Morgan fingerprint density at radius 3 is 2.34 bits per heavy atom. The zero-order valence-electron chi connectivity index (χ0n) is 16.1. The maximum atomic E-state index is 12.9. The van der Waals surface area contributed by atoms with E-state index in [-0.39, 0.29) is 0 Å². The average molecular weight is 391 g/mol. The van der Waals surface area contributed by atoms with Gasteiger partial charge in [-0.2, -0.15) is 0 Å². The Balaban J connectivity index is 1.94. The van der Waals surface area contributed by atoms with Crippen LogP contribution in [-0.2, 0) is 19.8 Å². The van der Waals surface area contributed by atoms with E-state index in [1.54, 1.807) is 32.0 Å². The largest absolute Gasteiger partial charge is 0.480 e. The first kappa shape index (κ1) is 20.2. The molecule has 0 saturated carbocycles. The molecule has 0 radical (unpaired) electrons. The molecule has 148 valence electrons. The molecule has 0 saturated heterocycles. The standard InChI is InChI=1S/C23H21NO5/c1-23(2)17-12-15(9-8-14-6-4-3-5-7-14)10-11-16(17)20(27)19(21(23)28)22(29)24-13-18(25)26/h3-12,19H,13H2,1-2H3,(H,24,29)(H,25,26)/b9-8+. The fraction of sp³-hybridized carbons (Fsp3) is 0.217. The summed E-state index contributed by atoms with van der Waals surface area (Å²) in [6.45, 7) is 2.69. The molecule has 2 N–H and O–H groups in total. The number of aliphatic carboxylic acids is 1. The molecule has 0 spiro atoms. The number of rotatable bonds is 5. The lowest BCUT2D eigenvalue weighted by molar-refractivity contribution is -0.140. The number of nitrogens with one attached hydrogen (secondary N) is 1. The van der Waals surface area contributed by atoms with Gasteiger partial charge in [0, 0.05) is 5.56 Å². The van der Waals surface area contributed by atoms with Crippen LogP contribution in [0.3, 0.4) is 0 Å². The first-order chi connectivity index (χ1) is 13.7. The topological polar surface area (TPSA) is 101 Å². The molecule has 1 aliphatic rings. The minimum absolute atomic E-state index is 0.307. The fourth-order valence-electron chi connectivity index (χ4n) is 3.43. The van der Waals surface area contributed by atoms with E-state index in [0.717, 1.165) is 11.1 Å². The molecule has 6 heteroatoms. The van der Waals surface area contributed by atoms with Crippen molar-refractivity contribution in [1.82, 2.24) is 5.32 Å². The lowest BCUT2D eigenvalue weighted by Gasteiger charge is -2.34. The van der Waals surface area contributed by atoms with Gasteiger partial charge in [-0.25, -0.2) is 0 Å². The summed E-state index contributed by atoms with van der Waals surface area (Å²) in [7, 11) is 0. The number of hydrogen-bond acceptors (Lipinski definition) is 4. The van der Waals surface area contributed by atoms with E-state index in [9.17, 15) is 19.2 Å². The van der Waals surface area contributed by atoms with Crippen LogP contribution in [0.4, 0.5) is 0 Å². The van der Waals surface area contributed by atoms with Gasteiger partial charge in [-0.1, -0.05) is 60.7 Å². The second kappa shape index (κ2) is 7.83. The lowest BCUT2D eigenvalue weighted by atomic mass is 9.66. The highest BCUT2D eigenvalue weighted by atomic mass is 16.4. The summed E-state index contributed by atoms with van der Waals surface area (Å²) in [5, 5.41) is 10.9. The second-order valence-electron chi connectivity index (χ2n) is 7.45. The van der Waals surface area contributed by atoms with Gasteiger partial charge in [0.15, 0.2) is 17.5 Å². The van der Waals surface area contributed by atoms with Gasteiger partial charge in [-0.3, -0.25) is 19.2 Å². The normalized spacial score (nSPS) is 17.8. The number of hydrogen-bond donors (Lipinski definition) is 2. The molecular weight excluding hydrogens is 370 g/mol. The number of Topliss-reactive ketones (excluding diaryl/α,β-unsaturated/α-hetero) is 2. The maximum absolute atomic E-state index is 12.9. The van der Waals surface area contributed by atoms with Crippen LogP contribution in [0.2, 0.25) is 0 Å². The van der Waals surface area contributed by atoms with Gasteiger partial charge in [0.1, 0.15) is 6.54 Å². The summed E-state index contributed by atoms with van der Waals surface area (Å²) in [4.78, 5) is 48.8. The Hall–Kier alpha value is -3.54. The molecule has 0 fully saturated rings. The smallest absolute Gasteiger partial charge is 0.322 e. The molecule has 1 unspecified atom stereocenters. The van der Waals surface area contributed by atoms with Gasteiger partial charge in [0.2, 0.25) is 5.91 Å². The molecule has 1 amide bonds. The molecule has 0 aromatic heterocycles. The van der Waals surface area contributed by atoms with Crippen molar-refractivity contribution in [3.05, 3.63) is 70.8 Å². The van der Waals surface area contributed by atoms with Crippen LogP contribution in [-0.4, -0.2) is 35.1 Å². The lowest BCUT2D eigenvalue weighted by Crippen LogP contribution is -2.51. The summed E-state index contributed by atoms with van der Waals surface area (Å²) >= 11 is 0. The van der Waals surface area contributed by atoms with E-state index in [1.165, 1.54) is 0 Å². The van der Waals surface area contributed by atoms with Gasteiger partial charge in [-0.05, 0) is 30.5 Å². The molecule has 0 bridgehead atoms. The number of carbonyl (C=O) groups excluding carboxylic acids is 3.